The minimum absolute atomic E-state index is 0.0592. The number of anilines is 1. The van der Waals surface area contributed by atoms with Crippen molar-refractivity contribution in [2.75, 3.05) is 4.72 Å². The summed E-state index contributed by atoms with van der Waals surface area (Å²) in [7, 11) is -4.06. The highest BCUT2D eigenvalue weighted by Crippen LogP contribution is 2.44. The largest absolute Gasteiger partial charge is 0.359 e. The van der Waals surface area contributed by atoms with Gasteiger partial charge in [0.2, 0.25) is 0 Å². The first-order valence-corrected chi connectivity index (χ1v) is 18.9. The van der Waals surface area contributed by atoms with Crippen molar-refractivity contribution in [2.24, 2.45) is 5.92 Å². The molecular formula is C34H30Cl2N4O4S3. The number of nitrogens with one attached hydrogen (secondary N) is 1. The van der Waals surface area contributed by atoms with E-state index in [9.17, 15) is 13.2 Å². The predicted octanol–water partition coefficient (Wildman–Crippen LogP) is 9.18. The molecule has 1 aliphatic carbocycles. The van der Waals surface area contributed by atoms with E-state index in [1.165, 1.54) is 17.7 Å². The predicted molar refractivity (Wildman–Crippen MR) is 191 cm³/mol. The number of thiophene rings is 2. The van der Waals surface area contributed by atoms with Crippen molar-refractivity contribution in [3.63, 3.8) is 0 Å². The summed E-state index contributed by atoms with van der Waals surface area (Å²) >= 11 is 16.6. The highest BCUT2D eigenvalue weighted by atomic mass is 35.5. The van der Waals surface area contributed by atoms with Crippen molar-refractivity contribution in [3.05, 3.63) is 101 Å². The molecule has 0 atom stereocenters. The monoisotopic (exact) mass is 724 g/mol. The van der Waals surface area contributed by atoms with E-state index in [0.717, 1.165) is 49.8 Å². The van der Waals surface area contributed by atoms with E-state index in [2.05, 4.69) is 28.9 Å². The number of aromatic nitrogens is 3. The second-order valence-corrected chi connectivity index (χ2v) is 17.3. The van der Waals surface area contributed by atoms with Crippen LogP contribution in [0.2, 0.25) is 10.0 Å². The Bertz CT molecular complexity index is 2350. The molecule has 1 saturated carbocycles. The van der Waals surface area contributed by atoms with Gasteiger partial charge >= 0.3 is 0 Å². The summed E-state index contributed by atoms with van der Waals surface area (Å²) in [5, 5.41) is 5.29. The highest BCUT2D eigenvalue weighted by Gasteiger charge is 2.28. The highest BCUT2D eigenvalue weighted by molar-refractivity contribution is 7.94. The summed E-state index contributed by atoms with van der Waals surface area (Å²) in [5.74, 6) is 1.27. The first-order valence-electron chi connectivity index (χ1n) is 15.0. The molecule has 47 heavy (non-hydrogen) atoms. The van der Waals surface area contributed by atoms with Gasteiger partial charge in [-0.1, -0.05) is 28.4 Å². The summed E-state index contributed by atoms with van der Waals surface area (Å²) < 4.78 is 36.6. The summed E-state index contributed by atoms with van der Waals surface area (Å²) in [4.78, 5) is 21.5. The van der Waals surface area contributed by atoms with Crippen LogP contribution in [0.25, 0.3) is 32.6 Å². The van der Waals surface area contributed by atoms with Gasteiger partial charge in [0.15, 0.2) is 5.82 Å². The molecule has 1 fully saturated rings. The van der Waals surface area contributed by atoms with Gasteiger partial charge in [0, 0.05) is 43.6 Å². The van der Waals surface area contributed by atoms with Crippen LogP contribution < -0.4 is 10.3 Å². The van der Waals surface area contributed by atoms with Gasteiger partial charge in [0.05, 0.1) is 32.7 Å². The summed E-state index contributed by atoms with van der Waals surface area (Å²) in [6, 6.07) is 14.9. The van der Waals surface area contributed by atoms with E-state index in [0.29, 0.717) is 33.9 Å². The lowest BCUT2D eigenvalue weighted by Gasteiger charge is -2.16. The number of sulfonamides is 1. The standard InChI is InChI=1S/C34H30Cl2N4O4S3/c1-17-5-9-29(45-17)32-24-8-10-30(41)40(28(24)15-23(37-32)12-21-6-7-21)16-22-13-26(35)31(27(36)14-22)25-11-18(2)46-34(25)47(42,43)39-33-19(3)20(4)44-38-33/h5,8-11,13-15,21H,6-7,12,16H2,1-4H3,(H,38,39). The average Bonchev–Trinajstić information content (AvgIpc) is 3.44. The van der Waals surface area contributed by atoms with E-state index in [1.54, 1.807) is 54.0 Å². The Kier molecular flexibility index (Phi) is 8.33. The summed E-state index contributed by atoms with van der Waals surface area (Å²) in [6.45, 7) is 7.54. The molecule has 7 rings (SSSR count). The molecular weight excluding hydrogens is 696 g/mol. The number of benzene rings is 1. The van der Waals surface area contributed by atoms with Crippen molar-refractivity contribution in [2.45, 2.75) is 57.7 Å². The van der Waals surface area contributed by atoms with Crippen LogP contribution in [0.15, 0.2) is 62.1 Å². The fraction of sp³-hybridized carbons (Fsp3) is 0.265. The van der Waals surface area contributed by atoms with E-state index >= 15 is 0 Å². The maximum Gasteiger partial charge on any atom is 0.273 e. The number of nitrogens with zero attached hydrogens (tertiary/aromatic N) is 3. The fourth-order valence-electron chi connectivity index (χ4n) is 5.69. The molecule has 0 radical (unpaired) electrons. The molecule has 0 bridgehead atoms. The molecule has 0 aliphatic heterocycles. The zero-order valence-corrected chi connectivity index (χ0v) is 29.9. The van der Waals surface area contributed by atoms with Crippen molar-refractivity contribution in [3.8, 4) is 21.7 Å². The third kappa shape index (κ3) is 6.27. The van der Waals surface area contributed by atoms with Crippen LogP contribution in [0.3, 0.4) is 0 Å². The Morgan fingerprint density at radius 2 is 1.72 bits per heavy atom. The van der Waals surface area contributed by atoms with Crippen LogP contribution in [0.5, 0.6) is 0 Å². The van der Waals surface area contributed by atoms with Crippen molar-refractivity contribution in [1.82, 2.24) is 14.7 Å². The Balaban J connectivity index is 1.29. The van der Waals surface area contributed by atoms with Gasteiger partial charge in [-0.25, -0.2) is 8.42 Å². The van der Waals surface area contributed by atoms with Gasteiger partial charge in [-0.15, -0.1) is 22.7 Å². The number of aryl methyl sites for hydroxylation is 3. The Hall–Kier alpha value is -3.48. The van der Waals surface area contributed by atoms with Crippen LogP contribution in [0, 0.1) is 33.6 Å². The molecule has 1 N–H and O–H groups in total. The number of pyridine rings is 2. The molecule has 0 unspecified atom stereocenters. The average molecular weight is 726 g/mol. The van der Waals surface area contributed by atoms with Crippen LogP contribution in [0.4, 0.5) is 5.82 Å². The molecule has 242 valence electrons. The van der Waals surface area contributed by atoms with Gasteiger partial charge < -0.3 is 9.09 Å². The minimum atomic E-state index is -4.06. The van der Waals surface area contributed by atoms with Crippen molar-refractivity contribution in [1.29, 1.82) is 0 Å². The van der Waals surface area contributed by atoms with Gasteiger partial charge in [-0.3, -0.25) is 14.5 Å². The lowest BCUT2D eigenvalue weighted by Crippen LogP contribution is -2.20. The van der Waals surface area contributed by atoms with Crippen LogP contribution >= 0.6 is 45.9 Å². The Labute approximate surface area is 290 Å². The van der Waals surface area contributed by atoms with Crippen LogP contribution in [-0.2, 0) is 23.0 Å². The van der Waals surface area contributed by atoms with Crippen molar-refractivity contribution >= 4 is 72.6 Å². The van der Waals surface area contributed by atoms with Crippen LogP contribution in [-0.4, -0.2) is 23.1 Å². The molecule has 6 aromatic rings. The lowest BCUT2D eigenvalue weighted by molar-refractivity contribution is 0.399. The molecule has 8 nitrogen and oxygen atoms in total. The second kappa shape index (κ2) is 12.2. The molecule has 1 aliphatic rings. The number of hydrogen-bond acceptors (Lipinski definition) is 8. The third-order valence-corrected chi connectivity index (χ3v) is 12.9. The third-order valence-electron chi connectivity index (χ3n) is 8.37. The van der Waals surface area contributed by atoms with E-state index < -0.39 is 10.0 Å². The maximum absolute atomic E-state index is 13.6. The number of fused-ring (bicyclic) bond motifs is 1. The van der Waals surface area contributed by atoms with Crippen LogP contribution in [0.1, 0.15) is 45.2 Å². The smallest absolute Gasteiger partial charge is 0.273 e. The molecule has 5 aromatic heterocycles. The van der Waals surface area contributed by atoms with Gasteiger partial charge in [-0.2, -0.15) is 0 Å². The Morgan fingerprint density at radius 3 is 2.36 bits per heavy atom. The van der Waals surface area contributed by atoms with Crippen molar-refractivity contribution < 1.29 is 12.9 Å². The molecule has 1 aromatic carbocycles. The van der Waals surface area contributed by atoms with E-state index in [4.69, 9.17) is 32.7 Å². The molecule has 0 spiro atoms. The van der Waals surface area contributed by atoms with Gasteiger partial charge in [-0.05, 0) is 101 Å². The summed E-state index contributed by atoms with van der Waals surface area (Å²) in [6.07, 6.45) is 3.26. The number of hydrogen-bond donors (Lipinski definition) is 1. The Morgan fingerprint density at radius 1 is 0.979 bits per heavy atom. The molecule has 13 heteroatoms. The first-order chi connectivity index (χ1) is 22.4. The van der Waals surface area contributed by atoms with Gasteiger partial charge in [0.1, 0.15) is 9.97 Å². The first kappa shape index (κ1) is 32.1. The second-order valence-electron chi connectivity index (χ2n) is 12.0. The summed E-state index contributed by atoms with van der Waals surface area (Å²) in [5.41, 5.74) is 4.57. The zero-order valence-electron chi connectivity index (χ0n) is 26.0. The van der Waals surface area contributed by atoms with E-state index in [1.807, 2.05) is 19.1 Å². The topological polar surface area (TPSA) is 107 Å². The van der Waals surface area contributed by atoms with Gasteiger partial charge in [0.25, 0.3) is 15.6 Å². The maximum atomic E-state index is 13.6. The lowest BCUT2D eigenvalue weighted by atomic mass is 10.0. The fourth-order valence-corrected chi connectivity index (χ4v) is 9.98. The number of halogens is 2. The number of rotatable bonds is 9. The zero-order chi connectivity index (χ0) is 33.2. The molecule has 0 amide bonds. The minimum Gasteiger partial charge on any atom is -0.359 e. The molecule has 5 heterocycles. The molecule has 0 saturated heterocycles. The SMILES string of the molecule is Cc1ccc(-c2nc(CC3CC3)cc3c2ccc(=O)n3Cc2cc(Cl)c(-c3cc(C)sc3S(=O)(=O)Nc3noc(C)c3C)c(Cl)c2)s1. The van der Waals surface area contributed by atoms with E-state index in [-0.39, 0.29) is 32.2 Å². The quantitative estimate of drug-likeness (QED) is 0.159. The normalized spacial score (nSPS) is 13.5.